The minimum absolute atomic E-state index is 0.0799. The predicted octanol–water partition coefficient (Wildman–Crippen LogP) is 1.60. The lowest BCUT2D eigenvalue weighted by atomic mass is 10.00. The van der Waals surface area contributed by atoms with Crippen LogP contribution in [0.4, 0.5) is 0 Å². The van der Waals surface area contributed by atoms with Crippen LogP contribution in [0.1, 0.15) is 36.5 Å². The first-order valence-electron chi connectivity index (χ1n) is 6.79. The van der Waals surface area contributed by atoms with Crippen molar-refractivity contribution >= 4 is 11.7 Å². The molecule has 1 aliphatic rings. The molecule has 1 aromatic rings. The van der Waals surface area contributed by atoms with Crippen molar-refractivity contribution in [2.45, 2.75) is 38.3 Å². The fourth-order valence-electron chi connectivity index (χ4n) is 2.83. The van der Waals surface area contributed by atoms with E-state index in [0.29, 0.717) is 12.0 Å². The smallest absolute Gasteiger partial charge is 0.234 e. The molecule has 1 saturated heterocycles. The minimum atomic E-state index is -0.322. The number of rotatable bonds is 5. The molecule has 2 atom stereocenters. The van der Waals surface area contributed by atoms with Gasteiger partial charge < -0.3 is 5.73 Å². The molecule has 0 radical (unpaired) electrons. The molecule has 1 aromatic carbocycles. The Morgan fingerprint density at radius 3 is 2.63 bits per heavy atom. The van der Waals surface area contributed by atoms with Gasteiger partial charge in [-0.1, -0.05) is 37.3 Å². The van der Waals surface area contributed by atoms with Crippen molar-refractivity contribution in [2.75, 3.05) is 6.54 Å². The molecular weight excluding hydrogens is 240 g/mol. The molecule has 2 unspecified atom stereocenters. The van der Waals surface area contributed by atoms with Crippen molar-refractivity contribution in [1.29, 1.82) is 0 Å². The third kappa shape index (κ3) is 2.84. The Morgan fingerprint density at radius 2 is 2.05 bits per heavy atom. The maximum absolute atomic E-state index is 12.5. The second-order valence-corrected chi connectivity index (χ2v) is 4.95. The van der Waals surface area contributed by atoms with Crippen LogP contribution in [0.2, 0.25) is 0 Å². The zero-order valence-electron chi connectivity index (χ0n) is 11.2. The number of carbonyl (C=O) groups is 2. The van der Waals surface area contributed by atoms with Gasteiger partial charge in [-0.25, -0.2) is 0 Å². The fourth-order valence-corrected chi connectivity index (χ4v) is 2.83. The second kappa shape index (κ2) is 5.97. The second-order valence-electron chi connectivity index (χ2n) is 4.95. The monoisotopic (exact) mass is 260 g/mol. The van der Waals surface area contributed by atoms with Crippen molar-refractivity contribution in [3.8, 4) is 0 Å². The van der Waals surface area contributed by atoms with E-state index in [1.165, 1.54) is 0 Å². The number of carbonyl (C=O) groups excluding carboxylic acids is 2. The van der Waals surface area contributed by atoms with Crippen LogP contribution < -0.4 is 5.73 Å². The first-order valence-corrected chi connectivity index (χ1v) is 6.79. The molecule has 0 saturated carbocycles. The van der Waals surface area contributed by atoms with Gasteiger partial charge in [-0.2, -0.15) is 0 Å². The Morgan fingerprint density at radius 1 is 1.37 bits per heavy atom. The first-order chi connectivity index (χ1) is 9.15. The molecule has 1 fully saturated rings. The number of amides is 1. The van der Waals surface area contributed by atoms with E-state index in [1.807, 2.05) is 42.2 Å². The fraction of sp³-hybridized carbons (Fsp3) is 0.467. The van der Waals surface area contributed by atoms with E-state index in [1.54, 1.807) is 0 Å². The predicted molar refractivity (Wildman–Crippen MR) is 73.8 cm³/mol. The highest BCUT2D eigenvalue weighted by Crippen LogP contribution is 2.23. The number of benzene rings is 1. The van der Waals surface area contributed by atoms with Gasteiger partial charge in [0.25, 0.3) is 0 Å². The maximum atomic E-state index is 12.5. The molecule has 0 spiro atoms. The van der Waals surface area contributed by atoms with E-state index in [2.05, 4.69) is 0 Å². The van der Waals surface area contributed by atoms with Crippen LogP contribution in [0.5, 0.6) is 0 Å². The largest absolute Gasteiger partial charge is 0.368 e. The van der Waals surface area contributed by atoms with Crippen molar-refractivity contribution < 1.29 is 9.59 Å². The van der Waals surface area contributed by atoms with Gasteiger partial charge in [0.05, 0.1) is 12.1 Å². The van der Waals surface area contributed by atoms with Crippen molar-refractivity contribution in [2.24, 2.45) is 5.73 Å². The highest BCUT2D eigenvalue weighted by molar-refractivity contribution is 6.00. The lowest BCUT2D eigenvalue weighted by Gasteiger charge is -2.29. The summed E-state index contributed by atoms with van der Waals surface area (Å²) in [4.78, 5) is 26.0. The van der Waals surface area contributed by atoms with Gasteiger partial charge in [0, 0.05) is 5.56 Å². The summed E-state index contributed by atoms with van der Waals surface area (Å²) in [5, 5.41) is 0. The molecule has 4 nitrogen and oxygen atoms in total. The molecular formula is C15H20N2O2. The molecule has 0 bridgehead atoms. The van der Waals surface area contributed by atoms with Crippen LogP contribution in [-0.4, -0.2) is 35.2 Å². The molecule has 19 heavy (non-hydrogen) atoms. The van der Waals surface area contributed by atoms with Crippen LogP contribution >= 0.6 is 0 Å². The summed E-state index contributed by atoms with van der Waals surface area (Å²) >= 11 is 0. The first kappa shape index (κ1) is 13.7. The lowest BCUT2D eigenvalue weighted by Crippen LogP contribution is -2.49. The van der Waals surface area contributed by atoms with E-state index in [9.17, 15) is 9.59 Å². The molecule has 2 N–H and O–H groups in total. The molecule has 2 rings (SSSR count). The van der Waals surface area contributed by atoms with E-state index >= 15 is 0 Å². The van der Waals surface area contributed by atoms with E-state index in [4.69, 9.17) is 5.73 Å². The molecule has 0 aliphatic carbocycles. The quantitative estimate of drug-likeness (QED) is 0.818. The number of nitrogens with two attached hydrogens (primary N) is 1. The van der Waals surface area contributed by atoms with E-state index < -0.39 is 0 Å². The van der Waals surface area contributed by atoms with Crippen LogP contribution in [0.25, 0.3) is 0 Å². The van der Waals surface area contributed by atoms with E-state index in [0.717, 1.165) is 19.4 Å². The van der Waals surface area contributed by atoms with Crippen LogP contribution in [0.15, 0.2) is 30.3 Å². The molecule has 1 heterocycles. The van der Waals surface area contributed by atoms with Gasteiger partial charge in [-0.15, -0.1) is 0 Å². The number of ketones is 1. The highest BCUT2D eigenvalue weighted by atomic mass is 16.1. The zero-order chi connectivity index (χ0) is 13.8. The van der Waals surface area contributed by atoms with Crippen molar-refractivity contribution in [3.63, 3.8) is 0 Å². The lowest BCUT2D eigenvalue weighted by molar-refractivity contribution is -0.122. The summed E-state index contributed by atoms with van der Waals surface area (Å²) in [5.41, 5.74) is 6.13. The summed E-state index contributed by atoms with van der Waals surface area (Å²) in [7, 11) is 0. The van der Waals surface area contributed by atoms with Gasteiger partial charge in [0.1, 0.15) is 0 Å². The SMILES string of the molecule is CCC(C(=O)c1ccccc1)N1CCCC1C(N)=O. The van der Waals surface area contributed by atoms with Crippen LogP contribution in [0.3, 0.4) is 0 Å². The standard InChI is InChI=1S/C15H20N2O2/c1-2-12(14(18)11-7-4-3-5-8-11)17-10-6-9-13(17)15(16)19/h3-5,7-8,12-13H,2,6,9-10H2,1H3,(H2,16,19). The Balaban J connectivity index is 2.20. The normalized spacial score (nSPS) is 21.2. The van der Waals surface area contributed by atoms with Gasteiger partial charge >= 0.3 is 0 Å². The summed E-state index contributed by atoms with van der Waals surface area (Å²) in [5.74, 6) is -0.243. The number of primary amides is 1. The Kier molecular flexibility index (Phi) is 4.32. The van der Waals surface area contributed by atoms with Gasteiger partial charge in [-0.05, 0) is 25.8 Å². The van der Waals surface area contributed by atoms with Crippen molar-refractivity contribution in [3.05, 3.63) is 35.9 Å². The highest BCUT2D eigenvalue weighted by Gasteiger charge is 2.36. The van der Waals surface area contributed by atoms with Crippen LogP contribution in [-0.2, 0) is 4.79 Å². The number of hydrogen-bond donors (Lipinski definition) is 1. The molecule has 1 aliphatic heterocycles. The van der Waals surface area contributed by atoms with Crippen LogP contribution in [0, 0.1) is 0 Å². The van der Waals surface area contributed by atoms with Gasteiger partial charge in [0.2, 0.25) is 5.91 Å². The minimum Gasteiger partial charge on any atom is -0.368 e. The summed E-state index contributed by atoms with van der Waals surface area (Å²) in [6.07, 6.45) is 2.37. The number of nitrogens with zero attached hydrogens (tertiary/aromatic N) is 1. The summed E-state index contributed by atoms with van der Waals surface area (Å²) in [6, 6.07) is 8.70. The maximum Gasteiger partial charge on any atom is 0.234 e. The Labute approximate surface area is 113 Å². The van der Waals surface area contributed by atoms with Gasteiger partial charge in [-0.3, -0.25) is 14.5 Å². The average Bonchev–Trinajstić information content (AvgIpc) is 2.90. The molecule has 4 heteroatoms. The van der Waals surface area contributed by atoms with E-state index in [-0.39, 0.29) is 23.8 Å². The topological polar surface area (TPSA) is 63.4 Å². The molecule has 102 valence electrons. The van der Waals surface area contributed by atoms with Gasteiger partial charge in [0.15, 0.2) is 5.78 Å². The summed E-state index contributed by atoms with van der Waals surface area (Å²) < 4.78 is 0. The zero-order valence-corrected chi connectivity index (χ0v) is 11.2. The Hall–Kier alpha value is -1.68. The Bertz CT molecular complexity index is 458. The van der Waals surface area contributed by atoms with Crippen molar-refractivity contribution in [1.82, 2.24) is 4.90 Å². The third-order valence-electron chi connectivity index (χ3n) is 3.77. The number of Topliss-reactive ketones (excluding diaryl/α,β-unsaturated/α-hetero) is 1. The summed E-state index contributed by atoms with van der Waals surface area (Å²) in [6.45, 7) is 2.74. The average molecular weight is 260 g/mol. The molecule has 0 aromatic heterocycles. The molecule has 1 amide bonds. The number of hydrogen-bond acceptors (Lipinski definition) is 3. The number of likely N-dealkylation sites (tertiary alicyclic amines) is 1. The third-order valence-corrected chi connectivity index (χ3v) is 3.77.